The first kappa shape index (κ1) is 30.4. The van der Waals surface area contributed by atoms with Crippen LogP contribution in [0.4, 0.5) is 0 Å². The number of nitrogens with one attached hydrogen (secondary N) is 2. The molecule has 1 aromatic carbocycles. The Morgan fingerprint density at radius 2 is 1.98 bits per heavy atom. The van der Waals surface area contributed by atoms with E-state index in [1.54, 1.807) is 18.7 Å². The number of aromatic nitrogens is 1. The number of ether oxygens (including phenoxy) is 1. The molecule has 236 valence electrons. The van der Waals surface area contributed by atoms with Crippen LogP contribution in [0.25, 0.3) is 16.5 Å². The Balaban J connectivity index is 1.27. The number of hydrogen-bond acceptors (Lipinski definition) is 6. The Bertz CT molecular complexity index is 1620. The van der Waals surface area contributed by atoms with Gasteiger partial charge in [-0.05, 0) is 77.3 Å². The Labute approximate surface area is 273 Å². The molecule has 0 radical (unpaired) electrons. The van der Waals surface area contributed by atoms with Crippen molar-refractivity contribution in [3.05, 3.63) is 38.4 Å². The predicted molar refractivity (Wildman–Crippen MR) is 172 cm³/mol. The lowest BCUT2D eigenvalue weighted by Gasteiger charge is -2.49. The van der Waals surface area contributed by atoms with Gasteiger partial charge in [-0.1, -0.05) is 55.8 Å². The molecule has 0 bridgehead atoms. The molecule has 0 spiro atoms. The molecule has 3 amide bonds. The van der Waals surface area contributed by atoms with Crippen LogP contribution in [-0.2, 0) is 25.5 Å². The third-order valence-corrected chi connectivity index (χ3v) is 12.0. The molecule has 3 fully saturated rings. The van der Waals surface area contributed by atoms with Crippen molar-refractivity contribution in [3.8, 4) is 0 Å². The molecule has 10 nitrogen and oxygen atoms in total. The van der Waals surface area contributed by atoms with E-state index in [4.69, 9.17) is 4.74 Å². The Morgan fingerprint density at radius 1 is 1.23 bits per heavy atom. The second kappa shape index (κ2) is 10.4. The van der Waals surface area contributed by atoms with Gasteiger partial charge in [0.05, 0.1) is 10.5 Å². The zero-order chi connectivity index (χ0) is 31.5. The molecular weight excluding hydrogens is 694 g/mol. The van der Waals surface area contributed by atoms with Crippen LogP contribution >= 0.6 is 31.9 Å². The number of likely N-dealkylation sites (N-methyl/N-ethyl adjacent to an activating group) is 1. The lowest BCUT2D eigenvalue weighted by molar-refractivity contribution is -0.322. The number of H-pyrrole nitrogens is 1. The quantitative estimate of drug-likeness (QED) is 0.430. The van der Waals surface area contributed by atoms with E-state index in [0.717, 1.165) is 37.5 Å². The minimum Gasteiger partial charge on any atom is -0.349 e. The van der Waals surface area contributed by atoms with Gasteiger partial charge >= 0.3 is 0 Å². The topological polar surface area (TPSA) is 118 Å². The van der Waals surface area contributed by atoms with E-state index in [2.05, 4.69) is 59.2 Å². The highest BCUT2D eigenvalue weighted by Crippen LogP contribution is 2.50. The van der Waals surface area contributed by atoms with Crippen molar-refractivity contribution < 1.29 is 24.2 Å². The fraction of sp³-hybridized carbons (Fsp3) is 0.594. The van der Waals surface area contributed by atoms with Crippen molar-refractivity contribution in [1.82, 2.24) is 25.0 Å². The van der Waals surface area contributed by atoms with E-state index in [9.17, 15) is 19.5 Å². The van der Waals surface area contributed by atoms with E-state index in [0.29, 0.717) is 32.4 Å². The maximum atomic E-state index is 14.5. The van der Waals surface area contributed by atoms with Gasteiger partial charge in [-0.2, -0.15) is 0 Å². The van der Waals surface area contributed by atoms with E-state index < -0.39 is 41.5 Å². The first-order valence-electron chi connectivity index (χ1n) is 15.6. The number of carbonyl (C=O) groups is 3. The van der Waals surface area contributed by atoms with Crippen LogP contribution in [0.3, 0.4) is 0 Å². The van der Waals surface area contributed by atoms with E-state index in [-0.39, 0.29) is 23.8 Å². The van der Waals surface area contributed by atoms with Crippen LogP contribution in [0.1, 0.15) is 58.1 Å². The van der Waals surface area contributed by atoms with Gasteiger partial charge in [0.2, 0.25) is 17.5 Å². The maximum absolute atomic E-state index is 14.5. The molecule has 1 aromatic heterocycles. The summed E-state index contributed by atoms with van der Waals surface area (Å²) in [5, 5.41) is 16.3. The zero-order valence-electron chi connectivity index (χ0n) is 25.6. The number of fused-ring (bicyclic) bond motifs is 5. The van der Waals surface area contributed by atoms with Gasteiger partial charge in [-0.15, -0.1) is 0 Å². The lowest BCUT2D eigenvalue weighted by atomic mass is 9.79. The minimum absolute atomic E-state index is 0.0629. The molecule has 0 unspecified atom stereocenters. The van der Waals surface area contributed by atoms with Gasteiger partial charge in [-0.25, -0.2) is 0 Å². The number of aromatic amines is 1. The molecule has 3 N–H and O–H groups in total. The summed E-state index contributed by atoms with van der Waals surface area (Å²) in [6.07, 6.45) is 2.39. The van der Waals surface area contributed by atoms with Crippen molar-refractivity contribution >= 4 is 66.1 Å². The fourth-order valence-electron chi connectivity index (χ4n) is 8.20. The number of hydrogen-bond donors (Lipinski definition) is 3. The van der Waals surface area contributed by atoms with Crippen molar-refractivity contribution in [2.45, 2.75) is 83.1 Å². The van der Waals surface area contributed by atoms with Crippen molar-refractivity contribution in [3.63, 3.8) is 0 Å². The zero-order valence-corrected chi connectivity index (χ0v) is 28.8. The van der Waals surface area contributed by atoms with Gasteiger partial charge in [0.1, 0.15) is 12.1 Å². The molecule has 5 aliphatic rings. The third kappa shape index (κ3) is 4.09. The van der Waals surface area contributed by atoms with Gasteiger partial charge in [0.25, 0.3) is 11.8 Å². The summed E-state index contributed by atoms with van der Waals surface area (Å²) >= 11 is 7.56. The van der Waals surface area contributed by atoms with E-state index >= 15 is 0 Å². The van der Waals surface area contributed by atoms with Crippen LogP contribution < -0.4 is 5.32 Å². The average molecular weight is 734 g/mol. The summed E-state index contributed by atoms with van der Waals surface area (Å²) in [6.45, 7) is 8.51. The molecular formula is C32H39Br2N5O5. The Hall–Kier alpha value is -2.25. The summed E-state index contributed by atoms with van der Waals surface area (Å²) < 4.78 is 8.22. The molecule has 0 saturated carbocycles. The van der Waals surface area contributed by atoms with Crippen LogP contribution in [0.5, 0.6) is 0 Å². The van der Waals surface area contributed by atoms with Crippen LogP contribution in [0.15, 0.2) is 27.3 Å². The molecule has 7 rings (SSSR count). The molecule has 6 atom stereocenters. The van der Waals surface area contributed by atoms with Gasteiger partial charge in [-0.3, -0.25) is 28.9 Å². The normalized spacial score (nSPS) is 33.5. The Kier molecular flexibility index (Phi) is 7.17. The van der Waals surface area contributed by atoms with Crippen molar-refractivity contribution in [2.24, 2.45) is 17.8 Å². The molecule has 12 heteroatoms. The number of nitrogens with zero attached hydrogens (tertiary/aromatic N) is 3. The SMILES string of the molecule is CC(C)C[C@H]1C(=O)N2CCC[C@H]2[C@]2(O)O[C@](NC(=O)[C@H]3CN(C)[C@@H]4Cc5c(Br)[nH]c6cccc(c56)C4=C3Br)(C(C)C)C(=O)N12. The number of carbonyl (C=O) groups excluding carboxylic acids is 3. The van der Waals surface area contributed by atoms with Crippen LogP contribution in [0, 0.1) is 17.8 Å². The molecule has 44 heavy (non-hydrogen) atoms. The lowest BCUT2D eigenvalue weighted by Crippen LogP contribution is -2.71. The standard InChI is InChI=1S/C32H39Br2N5O5/c1-15(2)12-22-29(41)38-11-7-10-23(38)32(43)39(22)30(42)31(44-32,16(3)4)36-28(40)19-14-37(5)21-13-18-24-17(25(21)26(19)33)8-6-9-20(24)35-27(18)34/h6,8-9,15-16,19,21-23,35,43H,7,10-14H2,1-5H3,(H,36,40)/t19-,21+,22-,23-,31+,32-/m0/s1. The number of piperazine rings is 1. The van der Waals surface area contributed by atoms with Gasteiger partial charge < -0.3 is 20.3 Å². The summed E-state index contributed by atoms with van der Waals surface area (Å²) in [7, 11) is 2.02. The molecule has 5 heterocycles. The molecule has 3 saturated heterocycles. The van der Waals surface area contributed by atoms with E-state index in [1.807, 2.05) is 27.0 Å². The van der Waals surface area contributed by atoms with Gasteiger partial charge in [0, 0.05) is 40.4 Å². The predicted octanol–water partition coefficient (Wildman–Crippen LogP) is 3.92. The maximum Gasteiger partial charge on any atom is 0.281 e. The number of halogens is 2. The largest absolute Gasteiger partial charge is 0.349 e. The first-order chi connectivity index (χ1) is 20.8. The summed E-state index contributed by atoms with van der Waals surface area (Å²) in [5.41, 5.74) is 2.55. The van der Waals surface area contributed by atoms with Crippen LogP contribution in [0.2, 0.25) is 0 Å². The summed E-state index contributed by atoms with van der Waals surface area (Å²) in [4.78, 5) is 51.1. The Morgan fingerprint density at radius 3 is 2.68 bits per heavy atom. The van der Waals surface area contributed by atoms with Crippen molar-refractivity contribution in [2.75, 3.05) is 20.1 Å². The summed E-state index contributed by atoms with van der Waals surface area (Å²) in [6, 6.07) is 4.67. The molecule has 1 aliphatic carbocycles. The average Bonchev–Trinajstić information content (AvgIpc) is 3.64. The monoisotopic (exact) mass is 731 g/mol. The second-order valence-corrected chi connectivity index (χ2v) is 15.4. The third-order valence-electron chi connectivity index (χ3n) is 10.4. The van der Waals surface area contributed by atoms with E-state index in [1.165, 1.54) is 10.5 Å². The molecule has 2 aromatic rings. The number of benzene rings is 1. The van der Waals surface area contributed by atoms with Crippen molar-refractivity contribution in [1.29, 1.82) is 0 Å². The highest BCUT2D eigenvalue weighted by molar-refractivity contribution is 9.12. The number of amides is 3. The smallest absolute Gasteiger partial charge is 0.281 e. The molecule has 4 aliphatic heterocycles. The van der Waals surface area contributed by atoms with Crippen LogP contribution in [-0.4, -0.2) is 92.4 Å². The summed E-state index contributed by atoms with van der Waals surface area (Å²) in [5.74, 6) is -4.18. The highest BCUT2D eigenvalue weighted by atomic mass is 79.9. The fourth-order valence-corrected chi connectivity index (χ4v) is 9.61. The minimum atomic E-state index is -2.03. The number of rotatable bonds is 5. The highest BCUT2D eigenvalue weighted by Gasteiger charge is 2.72. The van der Waals surface area contributed by atoms with Gasteiger partial charge in [0.15, 0.2) is 0 Å². The number of aliphatic hydroxyl groups is 1. The first-order valence-corrected chi connectivity index (χ1v) is 17.2. The second-order valence-electron chi connectivity index (χ2n) is 13.8.